The van der Waals surface area contributed by atoms with Gasteiger partial charge in [-0.05, 0) is 38.7 Å². The summed E-state index contributed by atoms with van der Waals surface area (Å²) in [5.41, 5.74) is 3.13. The fourth-order valence-electron chi connectivity index (χ4n) is 1.65. The standard InChI is InChI=1S/C13H21N3O/c1-4-6-10(2)13(17)14-8-5-7-12-9-15-16-11(12)3/h6,9H,4-5,7-8H2,1-3H3,(H,14,17)(H,15,16). The number of aromatic amines is 1. The molecule has 4 nitrogen and oxygen atoms in total. The Bertz CT molecular complexity index is 393. The normalized spacial score (nSPS) is 11.6. The van der Waals surface area contributed by atoms with E-state index in [1.807, 2.05) is 33.0 Å². The lowest BCUT2D eigenvalue weighted by Crippen LogP contribution is -2.25. The van der Waals surface area contributed by atoms with E-state index in [9.17, 15) is 4.79 Å². The fraction of sp³-hybridized carbons (Fsp3) is 0.538. The molecule has 0 aliphatic heterocycles. The number of rotatable bonds is 6. The molecule has 2 N–H and O–H groups in total. The number of carbonyl (C=O) groups excluding carboxylic acids is 1. The summed E-state index contributed by atoms with van der Waals surface area (Å²) < 4.78 is 0. The zero-order valence-electron chi connectivity index (χ0n) is 10.8. The molecule has 0 aromatic carbocycles. The van der Waals surface area contributed by atoms with Crippen LogP contribution < -0.4 is 5.32 Å². The monoisotopic (exact) mass is 235 g/mol. The number of H-pyrrole nitrogens is 1. The largest absolute Gasteiger partial charge is 0.352 e. The van der Waals surface area contributed by atoms with Crippen molar-refractivity contribution in [1.29, 1.82) is 0 Å². The molecule has 0 saturated carbocycles. The van der Waals surface area contributed by atoms with E-state index in [-0.39, 0.29) is 5.91 Å². The van der Waals surface area contributed by atoms with Crippen LogP contribution >= 0.6 is 0 Å². The second-order valence-electron chi connectivity index (χ2n) is 4.18. The quantitative estimate of drug-likeness (QED) is 0.586. The molecule has 17 heavy (non-hydrogen) atoms. The van der Waals surface area contributed by atoms with Gasteiger partial charge in [-0.3, -0.25) is 9.89 Å². The maximum atomic E-state index is 11.6. The van der Waals surface area contributed by atoms with Gasteiger partial charge in [-0.15, -0.1) is 0 Å². The van der Waals surface area contributed by atoms with Crippen molar-refractivity contribution in [3.05, 3.63) is 29.1 Å². The van der Waals surface area contributed by atoms with E-state index < -0.39 is 0 Å². The molecule has 94 valence electrons. The highest BCUT2D eigenvalue weighted by Gasteiger charge is 2.03. The number of hydrogen-bond donors (Lipinski definition) is 2. The minimum Gasteiger partial charge on any atom is -0.352 e. The zero-order chi connectivity index (χ0) is 12.7. The topological polar surface area (TPSA) is 57.8 Å². The van der Waals surface area contributed by atoms with Crippen LogP contribution in [0.15, 0.2) is 17.8 Å². The summed E-state index contributed by atoms with van der Waals surface area (Å²) in [4.78, 5) is 11.6. The molecule has 1 aromatic heterocycles. The molecule has 0 aliphatic rings. The lowest BCUT2D eigenvalue weighted by atomic mass is 10.1. The Labute approximate surface area is 102 Å². The summed E-state index contributed by atoms with van der Waals surface area (Å²) in [7, 11) is 0. The van der Waals surface area contributed by atoms with E-state index in [1.54, 1.807) is 0 Å². The van der Waals surface area contributed by atoms with Gasteiger partial charge in [0, 0.05) is 17.8 Å². The number of aromatic nitrogens is 2. The maximum absolute atomic E-state index is 11.6. The van der Waals surface area contributed by atoms with E-state index >= 15 is 0 Å². The molecule has 1 rings (SSSR count). The van der Waals surface area contributed by atoms with Gasteiger partial charge in [0.05, 0.1) is 6.20 Å². The Morgan fingerprint density at radius 3 is 2.94 bits per heavy atom. The molecule has 1 heterocycles. The maximum Gasteiger partial charge on any atom is 0.246 e. The van der Waals surface area contributed by atoms with Gasteiger partial charge in [0.2, 0.25) is 5.91 Å². The van der Waals surface area contributed by atoms with Crippen LogP contribution in [0.1, 0.15) is 37.9 Å². The van der Waals surface area contributed by atoms with Gasteiger partial charge in [-0.2, -0.15) is 5.10 Å². The van der Waals surface area contributed by atoms with E-state index in [4.69, 9.17) is 0 Å². The fourth-order valence-corrected chi connectivity index (χ4v) is 1.65. The number of nitrogens with zero attached hydrogens (tertiary/aromatic N) is 1. The molecule has 0 aliphatic carbocycles. The van der Waals surface area contributed by atoms with Crippen molar-refractivity contribution in [1.82, 2.24) is 15.5 Å². The Morgan fingerprint density at radius 1 is 1.59 bits per heavy atom. The van der Waals surface area contributed by atoms with E-state index in [0.29, 0.717) is 6.54 Å². The average molecular weight is 235 g/mol. The lowest BCUT2D eigenvalue weighted by molar-refractivity contribution is -0.117. The van der Waals surface area contributed by atoms with Crippen LogP contribution in [0.3, 0.4) is 0 Å². The van der Waals surface area contributed by atoms with Gasteiger partial charge >= 0.3 is 0 Å². The first-order valence-corrected chi connectivity index (χ1v) is 6.09. The van der Waals surface area contributed by atoms with E-state index in [0.717, 1.165) is 30.5 Å². The zero-order valence-corrected chi connectivity index (χ0v) is 10.8. The van der Waals surface area contributed by atoms with Crippen molar-refractivity contribution in [2.24, 2.45) is 0 Å². The second-order valence-corrected chi connectivity index (χ2v) is 4.18. The molecule has 0 saturated heterocycles. The number of amides is 1. The Kier molecular flexibility index (Phi) is 5.46. The van der Waals surface area contributed by atoms with Crippen LogP contribution in [0.5, 0.6) is 0 Å². The third kappa shape index (κ3) is 4.43. The van der Waals surface area contributed by atoms with E-state index in [2.05, 4.69) is 15.5 Å². The van der Waals surface area contributed by atoms with E-state index in [1.165, 1.54) is 5.56 Å². The van der Waals surface area contributed by atoms with Gasteiger partial charge < -0.3 is 5.32 Å². The first-order chi connectivity index (χ1) is 8.15. The van der Waals surface area contributed by atoms with Gasteiger partial charge in [0.1, 0.15) is 0 Å². The van der Waals surface area contributed by atoms with Gasteiger partial charge in [-0.25, -0.2) is 0 Å². The molecule has 0 fully saturated rings. The molecular weight excluding hydrogens is 214 g/mol. The summed E-state index contributed by atoms with van der Waals surface area (Å²) >= 11 is 0. The molecule has 0 atom stereocenters. The first-order valence-electron chi connectivity index (χ1n) is 6.09. The summed E-state index contributed by atoms with van der Waals surface area (Å²) in [6.07, 6.45) is 6.56. The van der Waals surface area contributed by atoms with Crippen molar-refractivity contribution < 1.29 is 4.79 Å². The Hall–Kier alpha value is -1.58. The average Bonchev–Trinajstić information content (AvgIpc) is 2.70. The highest BCUT2D eigenvalue weighted by Crippen LogP contribution is 2.05. The van der Waals surface area contributed by atoms with Crippen molar-refractivity contribution in [2.45, 2.75) is 40.0 Å². The van der Waals surface area contributed by atoms with Crippen molar-refractivity contribution in [3.63, 3.8) is 0 Å². The summed E-state index contributed by atoms with van der Waals surface area (Å²) in [5, 5.41) is 9.78. The van der Waals surface area contributed by atoms with Crippen molar-refractivity contribution in [3.8, 4) is 0 Å². The van der Waals surface area contributed by atoms with Gasteiger partial charge in [-0.1, -0.05) is 13.0 Å². The van der Waals surface area contributed by atoms with Crippen LogP contribution in [0.25, 0.3) is 0 Å². The Morgan fingerprint density at radius 2 is 2.35 bits per heavy atom. The lowest BCUT2D eigenvalue weighted by Gasteiger charge is -2.05. The van der Waals surface area contributed by atoms with Crippen LogP contribution in [0.4, 0.5) is 0 Å². The van der Waals surface area contributed by atoms with Crippen molar-refractivity contribution in [2.75, 3.05) is 6.54 Å². The molecule has 0 spiro atoms. The van der Waals surface area contributed by atoms with Crippen molar-refractivity contribution >= 4 is 5.91 Å². The molecule has 1 amide bonds. The number of carbonyl (C=O) groups is 1. The van der Waals surface area contributed by atoms with Crippen LogP contribution in [-0.2, 0) is 11.2 Å². The molecule has 1 aromatic rings. The van der Waals surface area contributed by atoms with Crippen LogP contribution in [0.2, 0.25) is 0 Å². The highest BCUT2D eigenvalue weighted by atomic mass is 16.1. The Balaban J connectivity index is 2.23. The number of aryl methyl sites for hydroxylation is 2. The van der Waals surface area contributed by atoms with Crippen LogP contribution in [0, 0.1) is 6.92 Å². The second kappa shape index (κ2) is 6.89. The van der Waals surface area contributed by atoms with Gasteiger partial charge in [0.15, 0.2) is 0 Å². The highest BCUT2D eigenvalue weighted by molar-refractivity contribution is 5.92. The minimum absolute atomic E-state index is 0.0377. The first kappa shape index (κ1) is 13.5. The third-order valence-electron chi connectivity index (χ3n) is 2.71. The van der Waals surface area contributed by atoms with Gasteiger partial charge in [0.25, 0.3) is 0 Å². The smallest absolute Gasteiger partial charge is 0.246 e. The molecular formula is C13H21N3O. The number of allylic oxidation sites excluding steroid dienone is 1. The number of nitrogens with one attached hydrogen (secondary N) is 2. The number of hydrogen-bond acceptors (Lipinski definition) is 2. The summed E-state index contributed by atoms with van der Waals surface area (Å²) in [6.45, 7) is 6.59. The molecule has 0 bridgehead atoms. The SMILES string of the molecule is CCC=C(C)C(=O)NCCCc1cn[nH]c1C. The molecule has 0 unspecified atom stereocenters. The predicted octanol–water partition coefficient (Wildman–Crippen LogP) is 2.12. The summed E-state index contributed by atoms with van der Waals surface area (Å²) in [5.74, 6) is 0.0377. The minimum atomic E-state index is 0.0377. The third-order valence-corrected chi connectivity index (χ3v) is 2.71. The van der Waals surface area contributed by atoms with Crippen LogP contribution in [-0.4, -0.2) is 22.6 Å². The molecule has 4 heteroatoms. The summed E-state index contributed by atoms with van der Waals surface area (Å²) in [6, 6.07) is 0. The predicted molar refractivity (Wildman–Crippen MR) is 68.7 cm³/mol. The molecule has 0 radical (unpaired) electrons.